The van der Waals surface area contributed by atoms with Gasteiger partial charge in [-0.2, -0.15) is 0 Å². The number of piperidine rings is 1. The average molecular weight is 429 g/mol. The molecular formula is C23H32N4O2S. The molecule has 0 radical (unpaired) electrons. The summed E-state index contributed by atoms with van der Waals surface area (Å²) in [6.45, 7) is 4.46. The van der Waals surface area contributed by atoms with Crippen molar-refractivity contribution in [3.63, 3.8) is 0 Å². The SMILES string of the molecule is CN(Cc1nc2ccccc2s1)C(=O)CN1CCC(C(=O)N2CCCCCC2)CC1. The predicted molar refractivity (Wildman–Crippen MR) is 120 cm³/mol. The second-order valence-corrected chi connectivity index (χ2v) is 9.73. The van der Waals surface area contributed by atoms with Crippen LogP contribution in [0.15, 0.2) is 24.3 Å². The Hall–Kier alpha value is -1.99. The predicted octanol–water partition coefficient (Wildman–Crippen LogP) is 3.37. The third-order valence-electron chi connectivity index (χ3n) is 6.35. The van der Waals surface area contributed by atoms with E-state index >= 15 is 0 Å². The van der Waals surface area contributed by atoms with E-state index in [9.17, 15) is 9.59 Å². The normalized spacial score (nSPS) is 19.0. The molecule has 4 rings (SSSR count). The van der Waals surface area contributed by atoms with Gasteiger partial charge in [0, 0.05) is 26.1 Å². The average Bonchev–Trinajstić information content (AvgIpc) is 2.97. The number of carbonyl (C=O) groups is 2. The summed E-state index contributed by atoms with van der Waals surface area (Å²) in [5.74, 6) is 0.595. The smallest absolute Gasteiger partial charge is 0.236 e. The van der Waals surface area contributed by atoms with Gasteiger partial charge in [0.15, 0.2) is 0 Å². The van der Waals surface area contributed by atoms with E-state index in [0.717, 1.165) is 67.1 Å². The van der Waals surface area contributed by atoms with E-state index in [1.807, 2.05) is 25.2 Å². The lowest BCUT2D eigenvalue weighted by Crippen LogP contribution is -2.45. The summed E-state index contributed by atoms with van der Waals surface area (Å²) in [5.41, 5.74) is 0.995. The summed E-state index contributed by atoms with van der Waals surface area (Å²) in [6.07, 6.45) is 6.50. The summed E-state index contributed by atoms with van der Waals surface area (Å²) in [6, 6.07) is 8.08. The quantitative estimate of drug-likeness (QED) is 0.733. The largest absolute Gasteiger partial charge is 0.342 e. The molecule has 7 heteroatoms. The maximum atomic E-state index is 12.8. The molecule has 0 saturated carbocycles. The maximum Gasteiger partial charge on any atom is 0.236 e. The third kappa shape index (κ3) is 5.19. The van der Waals surface area contributed by atoms with E-state index in [1.54, 1.807) is 16.2 Å². The standard InChI is InChI=1S/C23H32N4O2S/c1-25(16-21-24-19-8-4-5-9-20(19)30-21)22(28)17-26-14-10-18(11-15-26)23(29)27-12-6-2-3-7-13-27/h4-5,8-9,18H,2-3,6-7,10-17H2,1H3. The molecule has 162 valence electrons. The summed E-state index contributed by atoms with van der Waals surface area (Å²) in [5, 5.41) is 0.966. The van der Waals surface area contributed by atoms with Gasteiger partial charge in [-0.15, -0.1) is 11.3 Å². The summed E-state index contributed by atoms with van der Waals surface area (Å²) >= 11 is 1.65. The number of rotatable bonds is 5. The van der Waals surface area contributed by atoms with Crippen LogP contribution in [0.25, 0.3) is 10.2 Å². The number of likely N-dealkylation sites (tertiary alicyclic amines) is 2. The van der Waals surface area contributed by atoms with Crippen LogP contribution in [0.5, 0.6) is 0 Å². The molecule has 1 aromatic carbocycles. The molecule has 30 heavy (non-hydrogen) atoms. The van der Waals surface area contributed by atoms with Crippen molar-refractivity contribution >= 4 is 33.4 Å². The number of aromatic nitrogens is 1. The van der Waals surface area contributed by atoms with E-state index in [4.69, 9.17) is 0 Å². The number of likely N-dealkylation sites (N-methyl/N-ethyl adjacent to an activating group) is 1. The van der Waals surface area contributed by atoms with E-state index in [1.165, 1.54) is 12.8 Å². The van der Waals surface area contributed by atoms with Crippen LogP contribution in [0.2, 0.25) is 0 Å². The summed E-state index contributed by atoms with van der Waals surface area (Å²) in [7, 11) is 1.85. The molecule has 0 unspecified atom stereocenters. The van der Waals surface area contributed by atoms with E-state index < -0.39 is 0 Å². The van der Waals surface area contributed by atoms with Gasteiger partial charge in [0.1, 0.15) is 5.01 Å². The van der Waals surface area contributed by atoms with Gasteiger partial charge >= 0.3 is 0 Å². The van der Waals surface area contributed by atoms with Crippen molar-refractivity contribution in [2.24, 2.45) is 5.92 Å². The summed E-state index contributed by atoms with van der Waals surface area (Å²) in [4.78, 5) is 36.3. The molecule has 3 heterocycles. The van der Waals surface area contributed by atoms with Crippen LogP contribution in [0.1, 0.15) is 43.5 Å². The number of carbonyl (C=O) groups excluding carboxylic acids is 2. The number of hydrogen-bond acceptors (Lipinski definition) is 5. The van der Waals surface area contributed by atoms with E-state index in [0.29, 0.717) is 19.0 Å². The Morgan fingerprint density at radius 3 is 2.47 bits per heavy atom. The zero-order valence-corrected chi connectivity index (χ0v) is 18.7. The lowest BCUT2D eigenvalue weighted by molar-refractivity contribution is -0.137. The molecule has 0 N–H and O–H groups in total. The van der Waals surface area contributed by atoms with Crippen LogP contribution < -0.4 is 0 Å². The zero-order chi connectivity index (χ0) is 20.9. The molecule has 0 aliphatic carbocycles. The molecule has 2 aliphatic heterocycles. The third-order valence-corrected chi connectivity index (χ3v) is 7.37. The Kier molecular flexibility index (Phi) is 7.00. The fourth-order valence-corrected chi connectivity index (χ4v) is 5.50. The highest BCUT2D eigenvalue weighted by atomic mass is 32.1. The van der Waals surface area contributed by atoms with Crippen molar-refractivity contribution in [1.29, 1.82) is 0 Å². The number of fused-ring (bicyclic) bond motifs is 1. The van der Waals surface area contributed by atoms with Gasteiger partial charge in [-0.1, -0.05) is 25.0 Å². The minimum absolute atomic E-state index is 0.117. The van der Waals surface area contributed by atoms with Gasteiger partial charge in [-0.3, -0.25) is 14.5 Å². The fourth-order valence-electron chi connectivity index (χ4n) is 4.48. The van der Waals surface area contributed by atoms with Crippen molar-refractivity contribution in [2.75, 3.05) is 39.8 Å². The highest BCUT2D eigenvalue weighted by molar-refractivity contribution is 7.18. The van der Waals surface area contributed by atoms with Crippen molar-refractivity contribution in [1.82, 2.24) is 19.7 Å². The lowest BCUT2D eigenvalue weighted by Gasteiger charge is -2.34. The van der Waals surface area contributed by atoms with Crippen LogP contribution in [0.3, 0.4) is 0 Å². The van der Waals surface area contributed by atoms with Crippen molar-refractivity contribution in [2.45, 2.75) is 45.1 Å². The zero-order valence-electron chi connectivity index (χ0n) is 17.9. The molecule has 2 amide bonds. The van der Waals surface area contributed by atoms with E-state index in [-0.39, 0.29) is 11.8 Å². The molecule has 0 atom stereocenters. The minimum Gasteiger partial charge on any atom is -0.342 e. The molecule has 0 spiro atoms. The number of hydrogen-bond donors (Lipinski definition) is 0. The summed E-state index contributed by atoms with van der Waals surface area (Å²) < 4.78 is 1.16. The maximum absolute atomic E-state index is 12.8. The Labute approximate surface area is 182 Å². The van der Waals surface area contributed by atoms with Gasteiger partial charge in [-0.05, 0) is 50.9 Å². The fraction of sp³-hybridized carbons (Fsp3) is 0.609. The lowest BCUT2D eigenvalue weighted by atomic mass is 9.95. The molecular weight excluding hydrogens is 396 g/mol. The Bertz CT molecular complexity index is 834. The van der Waals surface area contributed by atoms with Crippen LogP contribution in [0, 0.1) is 5.92 Å². The van der Waals surface area contributed by atoms with Gasteiger partial charge in [-0.25, -0.2) is 4.98 Å². The molecule has 0 bridgehead atoms. The number of benzene rings is 1. The first-order valence-corrected chi connectivity index (χ1v) is 12.0. The highest BCUT2D eigenvalue weighted by Crippen LogP contribution is 2.24. The van der Waals surface area contributed by atoms with Crippen molar-refractivity contribution < 1.29 is 9.59 Å². The number of amides is 2. The monoisotopic (exact) mass is 428 g/mol. The molecule has 6 nitrogen and oxygen atoms in total. The number of nitrogens with zero attached hydrogens (tertiary/aromatic N) is 4. The molecule has 2 saturated heterocycles. The number of thiazole rings is 1. The second kappa shape index (κ2) is 9.88. The van der Waals surface area contributed by atoms with E-state index in [2.05, 4.69) is 20.9 Å². The second-order valence-electron chi connectivity index (χ2n) is 8.62. The van der Waals surface area contributed by atoms with Crippen LogP contribution >= 0.6 is 11.3 Å². The van der Waals surface area contributed by atoms with Crippen molar-refractivity contribution in [3.8, 4) is 0 Å². The Morgan fingerprint density at radius 2 is 1.77 bits per heavy atom. The highest BCUT2D eigenvalue weighted by Gasteiger charge is 2.29. The van der Waals surface area contributed by atoms with Crippen LogP contribution in [-0.2, 0) is 16.1 Å². The minimum atomic E-state index is 0.117. The molecule has 1 aromatic heterocycles. The molecule has 2 aliphatic rings. The van der Waals surface area contributed by atoms with Gasteiger partial charge in [0.25, 0.3) is 0 Å². The van der Waals surface area contributed by atoms with Gasteiger partial charge in [0.2, 0.25) is 11.8 Å². The van der Waals surface area contributed by atoms with Crippen LogP contribution in [-0.4, -0.2) is 71.3 Å². The van der Waals surface area contributed by atoms with Crippen LogP contribution in [0.4, 0.5) is 0 Å². The Balaban J connectivity index is 1.24. The first kappa shape index (κ1) is 21.2. The first-order chi connectivity index (χ1) is 14.6. The number of para-hydroxylation sites is 1. The molecule has 2 fully saturated rings. The van der Waals surface area contributed by atoms with Gasteiger partial charge < -0.3 is 9.80 Å². The first-order valence-electron chi connectivity index (χ1n) is 11.2. The van der Waals surface area contributed by atoms with Crippen molar-refractivity contribution in [3.05, 3.63) is 29.3 Å². The Morgan fingerprint density at radius 1 is 1.07 bits per heavy atom. The van der Waals surface area contributed by atoms with Gasteiger partial charge in [0.05, 0.1) is 23.3 Å². The topological polar surface area (TPSA) is 56.8 Å². The molecule has 2 aromatic rings.